The minimum atomic E-state index is -0.429. The van der Waals surface area contributed by atoms with Gasteiger partial charge in [-0.25, -0.2) is 4.79 Å². The van der Waals surface area contributed by atoms with Crippen molar-refractivity contribution in [1.82, 2.24) is 0 Å². The Kier molecular flexibility index (Phi) is 5.13. The molecule has 1 N–H and O–H groups in total. The zero-order valence-electron chi connectivity index (χ0n) is 14.7. The predicted molar refractivity (Wildman–Crippen MR) is 102 cm³/mol. The van der Waals surface area contributed by atoms with Crippen molar-refractivity contribution < 1.29 is 14.3 Å². The third-order valence-electron chi connectivity index (χ3n) is 3.92. The standard InChI is InChI=1S/C22H19NO3/c1-15-3-7-18(8-4-15)22(25)26-20-13-9-17(10-14-20)21(24)23-19-11-5-16(2)6-12-19/h3-14H,1-2H3,(H,23,24). The Balaban J connectivity index is 1.64. The van der Waals surface area contributed by atoms with Crippen molar-refractivity contribution in [2.45, 2.75) is 13.8 Å². The van der Waals surface area contributed by atoms with Crippen LogP contribution < -0.4 is 10.1 Å². The smallest absolute Gasteiger partial charge is 0.343 e. The van der Waals surface area contributed by atoms with E-state index < -0.39 is 5.97 Å². The highest BCUT2D eigenvalue weighted by molar-refractivity contribution is 6.04. The minimum Gasteiger partial charge on any atom is -0.423 e. The van der Waals surface area contributed by atoms with Gasteiger partial charge in [-0.1, -0.05) is 35.4 Å². The second kappa shape index (κ2) is 7.66. The molecule has 0 aromatic heterocycles. The number of rotatable bonds is 4. The number of carbonyl (C=O) groups is 2. The summed E-state index contributed by atoms with van der Waals surface area (Å²) in [5, 5.41) is 2.83. The number of hydrogen-bond donors (Lipinski definition) is 1. The summed E-state index contributed by atoms with van der Waals surface area (Å²) in [6.45, 7) is 3.94. The van der Waals surface area contributed by atoms with Gasteiger partial charge in [-0.15, -0.1) is 0 Å². The molecule has 0 spiro atoms. The fourth-order valence-corrected chi connectivity index (χ4v) is 2.37. The number of carbonyl (C=O) groups excluding carboxylic acids is 2. The van der Waals surface area contributed by atoms with Gasteiger partial charge < -0.3 is 10.1 Å². The molecule has 0 fully saturated rings. The molecule has 0 unspecified atom stereocenters. The van der Waals surface area contributed by atoms with Gasteiger partial charge in [-0.05, 0) is 62.4 Å². The van der Waals surface area contributed by atoms with Crippen LogP contribution in [-0.2, 0) is 0 Å². The highest BCUT2D eigenvalue weighted by Crippen LogP contribution is 2.16. The summed E-state index contributed by atoms with van der Waals surface area (Å²) in [5.74, 6) is -0.255. The van der Waals surface area contributed by atoms with Crippen molar-refractivity contribution in [3.63, 3.8) is 0 Å². The van der Waals surface area contributed by atoms with E-state index in [-0.39, 0.29) is 5.91 Å². The molecule has 0 aliphatic rings. The zero-order valence-corrected chi connectivity index (χ0v) is 14.7. The molecule has 0 heterocycles. The highest BCUT2D eigenvalue weighted by atomic mass is 16.5. The van der Waals surface area contributed by atoms with Crippen molar-refractivity contribution in [1.29, 1.82) is 0 Å². The van der Waals surface area contributed by atoms with Gasteiger partial charge in [-0.3, -0.25) is 4.79 Å². The molecule has 0 atom stereocenters. The first-order chi connectivity index (χ1) is 12.5. The number of anilines is 1. The van der Waals surface area contributed by atoms with Gasteiger partial charge in [0.2, 0.25) is 0 Å². The zero-order chi connectivity index (χ0) is 18.5. The van der Waals surface area contributed by atoms with E-state index in [0.29, 0.717) is 16.9 Å². The van der Waals surface area contributed by atoms with Crippen LogP contribution in [0.2, 0.25) is 0 Å². The number of nitrogens with one attached hydrogen (secondary N) is 1. The summed E-state index contributed by atoms with van der Waals surface area (Å²) in [5.41, 5.74) is 3.90. The summed E-state index contributed by atoms with van der Waals surface area (Å²) in [6.07, 6.45) is 0. The average Bonchev–Trinajstić information content (AvgIpc) is 2.64. The van der Waals surface area contributed by atoms with Gasteiger partial charge in [0.05, 0.1) is 5.56 Å². The first-order valence-electron chi connectivity index (χ1n) is 8.28. The number of aryl methyl sites for hydroxylation is 2. The minimum absolute atomic E-state index is 0.217. The van der Waals surface area contributed by atoms with Crippen LogP contribution in [0.4, 0.5) is 5.69 Å². The maximum absolute atomic E-state index is 12.3. The summed E-state index contributed by atoms with van der Waals surface area (Å²) < 4.78 is 5.34. The van der Waals surface area contributed by atoms with Gasteiger partial charge >= 0.3 is 5.97 Å². The maximum atomic E-state index is 12.3. The molecule has 0 radical (unpaired) electrons. The van der Waals surface area contributed by atoms with Crippen LogP contribution in [0.5, 0.6) is 5.75 Å². The third-order valence-corrected chi connectivity index (χ3v) is 3.92. The van der Waals surface area contributed by atoms with Gasteiger partial charge in [-0.2, -0.15) is 0 Å². The molecule has 130 valence electrons. The molecule has 26 heavy (non-hydrogen) atoms. The van der Waals surface area contributed by atoms with Crippen LogP contribution >= 0.6 is 0 Å². The number of hydrogen-bond acceptors (Lipinski definition) is 3. The molecule has 3 aromatic rings. The van der Waals surface area contributed by atoms with E-state index in [1.54, 1.807) is 36.4 Å². The Morgan fingerprint density at radius 3 is 1.77 bits per heavy atom. The molecule has 4 nitrogen and oxygen atoms in total. The fourth-order valence-electron chi connectivity index (χ4n) is 2.37. The van der Waals surface area contributed by atoms with Gasteiger partial charge in [0.15, 0.2) is 0 Å². The van der Waals surface area contributed by atoms with Crippen LogP contribution in [-0.4, -0.2) is 11.9 Å². The first-order valence-corrected chi connectivity index (χ1v) is 8.28. The second-order valence-corrected chi connectivity index (χ2v) is 6.10. The van der Waals surface area contributed by atoms with Crippen molar-refractivity contribution in [2.24, 2.45) is 0 Å². The number of benzene rings is 3. The summed E-state index contributed by atoms with van der Waals surface area (Å²) in [7, 11) is 0. The molecule has 3 rings (SSSR count). The van der Waals surface area contributed by atoms with E-state index in [1.807, 2.05) is 50.2 Å². The lowest BCUT2D eigenvalue weighted by Gasteiger charge is -2.07. The van der Waals surface area contributed by atoms with Crippen molar-refractivity contribution in [3.8, 4) is 5.75 Å². The van der Waals surface area contributed by atoms with Crippen LogP contribution in [0.3, 0.4) is 0 Å². The lowest BCUT2D eigenvalue weighted by atomic mass is 10.1. The van der Waals surface area contributed by atoms with Crippen molar-refractivity contribution in [2.75, 3.05) is 5.32 Å². The lowest BCUT2D eigenvalue weighted by molar-refractivity contribution is 0.0734. The van der Waals surface area contributed by atoms with E-state index in [0.717, 1.165) is 16.8 Å². The summed E-state index contributed by atoms with van der Waals surface area (Å²) in [4.78, 5) is 24.4. The monoisotopic (exact) mass is 345 g/mol. The van der Waals surface area contributed by atoms with Crippen LogP contribution in [0.15, 0.2) is 72.8 Å². The second-order valence-electron chi connectivity index (χ2n) is 6.10. The molecule has 4 heteroatoms. The quantitative estimate of drug-likeness (QED) is 0.547. The van der Waals surface area contributed by atoms with Crippen molar-refractivity contribution >= 4 is 17.6 Å². The molecule has 0 bridgehead atoms. The summed E-state index contributed by atoms with van der Waals surface area (Å²) >= 11 is 0. The van der Waals surface area contributed by atoms with Crippen LogP contribution in [0.1, 0.15) is 31.8 Å². The van der Waals surface area contributed by atoms with E-state index in [2.05, 4.69) is 5.32 Å². The lowest BCUT2D eigenvalue weighted by Crippen LogP contribution is -2.12. The Morgan fingerprint density at radius 2 is 1.19 bits per heavy atom. The van der Waals surface area contributed by atoms with E-state index in [9.17, 15) is 9.59 Å². The molecular formula is C22H19NO3. The molecule has 0 saturated carbocycles. The van der Waals surface area contributed by atoms with E-state index in [1.165, 1.54) is 0 Å². The predicted octanol–water partition coefficient (Wildman–Crippen LogP) is 4.77. The number of amides is 1. The summed E-state index contributed by atoms with van der Waals surface area (Å²) in [6, 6.07) is 21.2. The Morgan fingerprint density at radius 1 is 0.692 bits per heavy atom. The highest BCUT2D eigenvalue weighted by Gasteiger charge is 2.10. The first kappa shape index (κ1) is 17.4. The third kappa shape index (κ3) is 4.36. The molecule has 0 aliphatic carbocycles. The molecule has 3 aromatic carbocycles. The van der Waals surface area contributed by atoms with Crippen LogP contribution in [0.25, 0.3) is 0 Å². The Hall–Kier alpha value is -3.40. The maximum Gasteiger partial charge on any atom is 0.343 e. The molecule has 1 amide bonds. The number of ether oxygens (including phenoxy) is 1. The Labute approximate surface area is 152 Å². The average molecular weight is 345 g/mol. The SMILES string of the molecule is Cc1ccc(NC(=O)c2ccc(OC(=O)c3ccc(C)cc3)cc2)cc1. The number of esters is 1. The van der Waals surface area contributed by atoms with Gasteiger partial charge in [0.1, 0.15) is 5.75 Å². The van der Waals surface area contributed by atoms with Crippen LogP contribution in [0, 0.1) is 13.8 Å². The molecule has 0 saturated heterocycles. The topological polar surface area (TPSA) is 55.4 Å². The van der Waals surface area contributed by atoms with E-state index >= 15 is 0 Å². The molecular weight excluding hydrogens is 326 g/mol. The van der Waals surface area contributed by atoms with Gasteiger partial charge in [0, 0.05) is 11.3 Å². The molecule has 0 aliphatic heterocycles. The normalized spacial score (nSPS) is 10.2. The Bertz CT molecular complexity index is 911. The largest absolute Gasteiger partial charge is 0.423 e. The van der Waals surface area contributed by atoms with Crippen molar-refractivity contribution in [3.05, 3.63) is 95.1 Å². The fraction of sp³-hybridized carbons (Fsp3) is 0.0909. The van der Waals surface area contributed by atoms with E-state index in [4.69, 9.17) is 4.74 Å². The van der Waals surface area contributed by atoms with Gasteiger partial charge in [0.25, 0.3) is 5.91 Å².